The van der Waals surface area contributed by atoms with Gasteiger partial charge < -0.3 is 9.88 Å². The van der Waals surface area contributed by atoms with E-state index in [-0.39, 0.29) is 23.1 Å². The van der Waals surface area contributed by atoms with Crippen molar-refractivity contribution in [3.05, 3.63) is 78.8 Å². The van der Waals surface area contributed by atoms with E-state index in [9.17, 15) is 17.6 Å². The molecule has 0 aliphatic heterocycles. The van der Waals surface area contributed by atoms with Crippen LogP contribution in [0.1, 0.15) is 5.56 Å². The molecule has 0 aliphatic rings. The van der Waals surface area contributed by atoms with Gasteiger partial charge in [0.25, 0.3) is 0 Å². The van der Waals surface area contributed by atoms with Gasteiger partial charge in [0.15, 0.2) is 9.84 Å². The number of carbonyl (C=O) groups excluding carboxylic acids is 1. The standard InChI is InChI=1S/C20H19FN2O3S/c1-2-11-22-20(24)13-23-12-19(17-5-3-4-6-18(17)23)27(25,26)14-15-7-9-16(21)10-8-15/h2-10,12H,1,11,13-14H2,(H,22,24). The van der Waals surface area contributed by atoms with Crippen molar-refractivity contribution < 1.29 is 17.6 Å². The Kier molecular flexibility index (Phi) is 5.41. The molecule has 7 heteroatoms. The summed E-state index contributed by atoms with van der Waals surface area (Å²) < 4.78 is 40.6. The van der Waals surface area contributed by atoms with Crippen molar-refractivity contribution in [3.8, 4) is 0 Å². The van der Waals surface area contributed by atoms with Crippen LogP contribution in [0.5, 0.6) is 0 Å². The molecule has 1 N–H and O–H groups in total. The van der Waals surface area contributed by atoms with Crippen LogP contribution in [-0.4, -0.2) is 25.4 Å². The highest BCUT2D eigenvalue weighted by atomic mass is 32.2. The number of halogens is 1. The molecule has 140 valence electrons. The van der Waals surface area contributed by atoms with Crippen LogP contribution in [-0.2, 0) is 26.9 Å². The predicted molar refractivity (Wildman–Crippen MR) is 102 cm³/mol. The number of para-hydroxylation sites is 1. The second-order valence-electron chi connectivity index (χ2n) is 6.12. The number of carbonyl (C=O) groups is 1. The van der Waals surface area contributed by atoms with E-state index < -0.39 is 15.7 Å². The lowest BCUT2D eigenvalue weighted by atomic mass is 10.2. The molecular formula is C20H19FN2O3S. The number of benzene rings is 2. The minimum atomic E-state index is -3.68. The average Bonchev–Trinajstić information content (AvgIpc) is 3.01. The smallest absolute Gasteiger partial charge is 0.240 e. The minimum Gasteiger partial charge on any atom is -0.351 e. The average molecular weight is 386 g/mol. The van der Waals surface area contributed by atoms with E-state index in [0.717, 1.165) is 0 Å². The highest BCUT2D eigenvalue weighted by Crippen LogP contribution is 2.28. The summed E-state index contributed by atoms with van der Waals surface area (Å²) in [5.41, 5.74) is 1.15. The fraction of sp³-hybridized carbons (Fsp3) is 0.150. The molecule has 0 saturated carbocycles. The van der Waals surface area contributed by atoms with Crippen LogP contribution in [0, 0.1) is 5.82 Å². The lowest BCUT2D eigenvalue weighted by molar-refractivity contribution is -0.121. The number of aromatic nitrogens is 1. The van der Waals surface area contributed by atoms with Crippen LogP contribution in [0.4, 0.5) is 4.39 Å². The van der Waals surface area contributed by atoms with Crippen molar-refractivity contribution in [1.82, 2.24) is 9.88 Å². The molecule has 0 unspecified atom stereocenters. The zero-order valence-electron chi connectivity index (χ0n) is 14.6. The quantitative estimate of drug-likeness (QED) is 0.635. The molecule has 0 fully saturated rings. The molecule has 1 heterocycles. The first-order valence-electron chi connectivity index (χ1n) is 8.33. The Morgan fingerprint density at radius 1 is 1.15 bits per heavy atom. The van der Waals surface area contributed by atoms with Gasteiger partial charge in [0, 0.05) is 23.6 Å². The van der Waals surface area contributed by atoms with E-state index in [2.05, 4.69) is 11.9 Å². The van der Waals surface area contributed by atoms with Gasteiger partial charge in [0.2, 0.25) is 5.91 Å². The summed E-state index contributed by atoms with van der Waals surface area (Å²) >= 11 is 0. The Hall–Kier alpha value is -2.93. The van der Waals surface area contributed by atoms with Gasteiger partial charge in [-0.1, -0.05) is 36.4 Å². The normalized spacial score (nSPS) is 11.4. The summed E-state index contributed by atoms with van der Waals surface area (Å²) in [6.07, 6.45) is 3.06. The molecule has 0 aliphatic carbocycles. The summed E-state index contributed by atoms with van der Waals surface area (Å²) in [6.45, 7) is 3.89. The summed E-state index contributed by atoms with van der Waals surface area (Å²) in [7, 11) is -3.68. The maximum absolute atomic E-state index is 13.1. The largest absolute Gasteiger partial charge is 0.351 e. The molecule has 0 bridgehead atoms. The van der Waals surface area contributed by atoms with Gasteiger partial charge in [-0.05, 0) is 23.8 Å². The molecule has 1 aromatic heterocycles. The van der Waals surface area contributed by atoms with E-state index in [1.807, 2.05) is 0 Å². The third-order valence-electron chi connectivity index (χ3n) is 4.11. The zero-order valence-corrected chi connectivity index (χ0v) is 15.4. The maximum atomic E-state index is 13.1. The summed E-state index contributed by atoms with van der Waals surface area (Å²) in [5, 5.41) is 3.23. The number of hydrogen-bond acceptors (Lipinski definition) is 3. The SMILES string of the molecule is C=CCNC(=O)Cn1cc(S(=O)(=O)Cc2ccc(F)cc2)c2ccccc21. The Labute approximate surface area is 157 Å². The first-order valence-corrected chi connectivity index (χ1v) is 9.98. The van der Waals surface area contributed by atoms with E-state index in [1.165, 1.54) is 30.5 Å². The first kappa shape index (κ1) is 18.8. The molecular weight excluding hydrogens is 367 g/mol. The molecule has 0 saturated heterocycles. The molecule has 3 rings (SSSR count). The second-order valence-corrected chi connectivity index (χ2v) is 8.07. The number of amides is 1. The van der Waals surface area contributed by atoms with Gasteiger partial charge in [-0.25, -0.2) is 12.8 Å². The lowest BCUT2D eigenvalue weighted by Gasteiger charge is -2.05. The zero-order chi connectivity index (χ0) is 19.4. The van der Waals surface area contributed by atoms with Crippen LogP contribution in [0.25, 0.3) is 10.9 Å². The molecule has 0 atom stereocenters. The minimum absolute atomic E-state index is 0.000418. The topological polar surface area (TPSA) is 68.2 Å². The summed E-state index contributed by atoms with van der Waals surface area (Å²) in [4.78, 5) is 12.2. The highest BCUT2D eigenvalue weighted by molar-refractivity contribution is 7.90. The molecule has 1 amide bonds. The first-order chi connectivity index (χ1) is 12.9. The van der Waals surface area contributed by atoms with Crippen LogP contribution < -0.4 is 5.32 Å². The van der Waals surface area contributed by atoms with E-state index in [1.54, 1.807) is 34.9 Å². The Balaban J connectivity index is 1.97. The molecule has 0 spiro atoms. The van der Waals surface area contributed by atoms with Gasteiger partial charge in [-0.15, -0.1) is 6.58 Å². The van der Waals surface area contributed by atoms with Gasteiger partial charge >= 0.3 is 0 Å². The van der Waals surface area contributed by atoms with Gasteiger partial charge in [-0.2, -0.15) is 0 Å². The van der Waals surface area contributed by atoms with Crippen LogP contribution in [0.3, 0.4) is 0 Å². The van der Waals surface area contributed by atoms with Crippen molar-refractivity contribution in [1.29, 1.82) is 0 Å². The van der Waals surface area contributed by atoms with E-state index >= 15 is 0 Å². The summed E-state index contributed by atoms with van der Waals surface area (Å²) in [5.74, 6) is -0.902. The molecule has 27 heavy (non-hydrogen) atoms. The molecule has 2 aromatic carbocycles. The van der Waals surface area contributed by atoms with Crippen molar-refractivity contribution in [2.75, 3.05) is 6.54 Å². The number of hydrogen-bond donors (Lipinski definition) is 1. The van der Waals surface area contributed by atoms with Gasteiger partial charge in [0.1, 0.15) is 12.4 Å². The van der Waals surface area contributed by atoms with E-state index in [4.69, 9.17) is 0 Å². The third kappa shape index (κ3) is 4.25. The number of fused-ring (bicyclic) bond motifs is 1. The monoisotopic (exact) mass is 386 g/mol. The number of rotatable bonds is 7. The van der Waals surface area contributed by atoms with Gasteiger partial charge in [0.05, 0.1) is 10.6 Å². The van der Waals surface area contributed by atoms with Crippen LogP contribution in [0.2, 0.25) is 0 Å². The predicted octanol–water partition coefficient (Wildman–Crippen LogP) is 3.06. The van der Waals surface area contributed by atoms with Crippen molar-refractivity contribution >= 4 is 26.6 Å². The fourth-order valence-electron chi connectivity index (χ4n) is 2.87. The Bertz CT molecular complexity index is 1090. The fourth-order valence-corrected chi connectivity index (χ4v) is 4.45. The molecule has 0 radical (unpaired) electrons. The lowest BCUT2D eigenvalue weighted by Crippen LogP contribution is -2.27. The van der Waals surface area contributed by atoms with Crippen LogP contribution in [0.15, 0.2) is 72.3 Å². The Morgan fingerprint density at radius 2 is 1.85 bits per heavy atom. The van der Waals surface area contributed by atoms with Crippen molar-refractivity contribution in [2.45, 2.75) is 17.2 Å². The maximum Gasteiger partial charge on any atom is 0.240 e. The summed E-state index contributed by atoms with van der Waals surface area (Å²) in [6, 6.07) is 12.4. The second kappa shape index (κ2) is 7.75. The molecule has 5 nitrogen and oxygen atoms in total. The highest BCUT2D eigenvalue weighted by Gasteiger charge is 2.22. The number of nitrogens with one attached hydrogen (secondary N) is 1. The number of sulfone groups is 1. The van der Waals surface area contributed by atoms with Crippen LogP contribution >= 0.6 is 0 Å². The Morgan fingerprint density at radius 3 is 2.56 bits per heavy atom. The third-order valence-corrected chi connectivity index (χ3v) is 5.82. The van der Waals surface area contributed by atoms with Crippen molar-refractivity contribution in [3.63, 3.8) is 0 Å². The molecule has 3 aromatic rings. The number of nitrogens with zero attached hydrogens (tertiary/aromatic N) is 1. The van der Waals surface area contributed by atoms with Crippen molar-refractivity contribution in [2.24, 2.45) is 0 Å². The van der Waals surface area contributed by atoms with E-state index in [0.29, 0.717) is 23.0 Å². The van der Waals surface area contributed by atoms with Gasteiger partial charge in [-0.3, -0.25) is 4.79 Å².